The highest BCUT2D eigenvalue weighted by molar-refractivity contribution is 5.77. The Kier molecular flexibility index (Phi) is 6.17. The number of alkyl halides is 3. The van der Waals surface area contributed by atoms with Crippen LogP contribution in [0.4, 0.5) is 22.0 Å². The van der Waals surface area contributed by atoms with Gasteiger partial charge in [-0.15, -0.1) is 0 Å². The summed E-state index contributed by atoms with van der Waals surface area (Å²) >= 11 is 0. The molecule has 2 aromatic rings. The lowest BCUT2D eigenvalue weighted by molar-refractivity contribution is -0.137. The molecule has 3 nitrogen and oxygen atoms in total. The van der Waals surface area contributed by atoms with Crippen molar-refractivity contribution in [2.24, 2.45) is 0 Å². The molecule has 0 aliphatic rings. The molecule has 26 heavy (non-hydrogen) atoms. The number of carbonyl (C=O) groups is 1. The van der Waals surface area contributed by atoms with E-state index >= 15 is 0 Å². The van der Waals surface area contributed by atoms with Crippen molar-refractivity contribution >= 4 is 5.91 Å². The van der Waals surface area contributed by atoms with Crippen LogP contribution in [-0.2, 0) is 11.0 Å². The van der Waals surface area contributed by atoms with Gasteiger partial charge in [-0.1, -0.05) is 17.9 Å². The van der Waals surface area contributed by atoms with Crippen molar-refractivity contribution in [3.05, 3.63) is 65.2 Å². The van der Waals surface area contributed by atoms with Gasteiger partial charge in [-0.3, -0.25) is 4.79 Å². The van der Waals surface area contributed by atoms with E-state index in [0.717, 1.165) is 24.3 Å². The topological polar surface area (TPSA) is 38.3 Å². The molecule has 2 rings (SSSR count). The van der Waals surface area contributed by atoms with Gasteiger partial charge in [-0.25, -0.2) is 8.78 Å². The third-order valence-corrected chi connectivity index (χ3v) is 3.05. The molecule has 0 bridgehead atoms. The molecule has 0 spiro atoms. The zero-order valence-corrected chi connectivity index (χ0v) is 13.2. The maximum atomic E-state index is 13.3. The average Bonchev–Trinajstić information content (AvgIpc) is 2.57. The first-order chi connectivity index (χ1) is 12.3. The molecule has 0 saturated heterocycles. The summed E-state index contributed by atoms with van der Waals surface area (Å²) in [5, 5.41) is 2.34. The van der Waals surface area contributed by atoms with Gasteiger partial charge in [0.05, 0.1) is 12.1 Å². The fourth-order valence-corrected chi connectivity index (χ4v) is 1.85. The SMILES string of the molecule is O=C(COc1ccc(F)cc1F)NCC#Cc1cccc(C(F)(F)F)c1. The van der Waals surface area contributed by atoms with Gasteiger partial charge in [0, 0.05) is 11.6 Å². The smallest absolute Gasteiger partial charge is 0.416 e. The summed E-state index contributed by atoms with van der Waals surface area (Å²) in [5.41, 5.74) is -0.665. The molecule has 1 N–H and O–H groups in total. The van der Waals surface area contributed by atoms with Gasteiger partial charge in [-0.05, 0) is 30.3 Å². The largest absolute Gasteiger partial charge is 0.481 e. The molecule has 8 heteroatoms. The number of carbonyl (C=O) groups excluding carboxylic acids is 1. The summed E-state index contributed by atoms with van der Waals surface area (Å²) in [4.78, 5) is 11.5. The standard InChI is InChI=1S/C18H12F5NO2/c19-14-6-7-16(15(20)10-14)26-11-17(25)24-8-2-4-12-3-1-5-13(9-12)18(21,22)23/h1,3,5-7,9-10H,8,11H2,(H,24,25). The fraction of sp³-hybridized carbons (Fsp3) is 0.167. The normalized spacial score (nSPS) is 10.7. The Morgan fingerprint density at radius 2 is 1.88 bits per heavy atom. The zero-order valence-electron chi connectivity index (χ0n) is 13.2. The van der Waals surface area contributed by atoms with Crippen LogP contribution in [0.1, 0.15) is 11.1 Å². The molecule has 0 aliphatic carbocycles. The number of hydrogen-bond donors (Lipinski definition) is 1. The Morgan fingerprint density at radius 1 is 1.12 bits per heavy atom. The fourth-order valence-electron chi connectivity index (χ4n) is 1.85. The number of nitrogens with one attached hydrogen (secondary N) is 1. The number of amides is 1. The minimum Gasteiger partial charge on any atom is -0.481 e. The Hall–Kier alpha value is -3.08. The Bertz CT molecular complexity index is 853. The molecule has 0 saturated carbocycles. The molecule has 0 aromatic heterocycles. The van der Waals surface area contributed by atoms with Crippen molar-refractivity contribution in [3.8, 4) is 17.6 Å². The van der Waals surface area contributed by atoms with Crippen LogP contribution in [0.25, 0.3) is 0 Å². The number of benzene rings is 2. The summed E-state index contributed by atoms with van der Waals surface area (Å²) < 4.78 is 68.6. The van der Waals surface area contributed by atoms with Crippen molar-refractivity contribution in [2.45, 2.75) is 6.18 Å². The van der Waals surface area contributed by atoms with E-state index in [0.29, 0.717) is 6.07 Å². The maximum absolute atomic E-state index is 13.3. The summed E-state index contributed by atoms with van der Waals surface area (Å²) in [5.74, 6) is 2.38. The van der Waals surface area contributed by atoms with Gasteiger partial charge >= 0.3 is 6.18 Å². The first-order valence-corrected chi connectivity index (χ1v) is 7.26. The molecule has 136 valence electrons. The molecule has 2 aromatic carbocycles. The predicted molar refractivity (Wildman–Crippen MR) is 83.2 cm³/mol. The molecule has 0 unspecified atom stereocenters. The predicted octanol–water partition coefficient (Wildman–Crippen LogP) is 3.53. The molecule has 0 aliphatic heterocycles. The van der Waals surface area contributed by atoms with Crippen molar-refractivity contribution in [3.63, 3.8) is 0 Å². The van der Waals surface area contributed by atoms with E-state index in [4.69, 9.17) is 4.74 Å². The minimum absolute atomic E-state index is 0.135. The lowest BCUT2D eigenvalue weighted by Gasteiger charge is -2.06. The lowest BCUT2D eigenvalue weighted by Crippen LogP contribution is -2.29. The summed E-state index contributed by atoms with van der Waals surface area (Å²) in [6.45, 7) is -0.655. The first kappa shape index (κ1) is 19.2. The van der Waals surface area contributed by atoms with Gasteiger partial charge in [0.25, 0.3) is 5.91 Å². The second-order valence-corrected chi connectivity index (χ2v) is 5.02. The van der Waals surface area contributed by atoms with Crippen molar-refractivity contribution < 1.29 is 31.5 Å². The van der Waals surface area contributed by atoms with Crippen molar-refractivity contribution in [1.29, 1.82) is 0 Å². The van der Waals surface area contributed by atoms with Gasteiger partial charge < -0.3 is 10.1 Å². The molecule has 0 heterocycles. The average molecular weight is 369 g/mol. The second kappa shape index (κ2) is 8.34. The summed E-state index contributed by atoms with van der Waals surface area (Å²) in [7, 11) is 0. The van der Waals surface area contributed by atoms with E-state index in [1.54, 1.807) is 0 Å². The molecule has 1 amide bonds. The maximum Gasteiger partial charge on any atom is 0.416 e. The van der Waals surface area contributed by atoms with Gasteiger partial charge in [0.15, 0.2) is 18.2 Å². The van der Waals surface area contributed by atoms with E-state index in [1.807, 2.05) is 0 Å². The second-order valence-electron chi connectivity index (χ2n) is 5.02. The van der Waals surface area contributed by atoms with Crippen LogP contribution >= 0.6 is 0 Å². The highest BCUT2D eigenvalue weighted by Crippen LogP contribution is 2.29. The van der Waals surface area contributed by atoms with Crippen LogP contribution in [0.15, 0.2) is 42.5 Å². The monoisotopic (exact) mass is 369 g/mol. The molecule has 0 atom stereocenters. The first-order valence-electron chi connectivity index (χ1n) is 7.26. The number of halogens is 5. The van der Waals surface area contributed by atoms with Crippen LogP contribution in [0.3, 0.4) is 0 Å². The summed E-state index contributed by atoms with van der Waals surface area (Å²) in [6, 6.07) is 7.12. The van der Waals surface area contributed by atoms with Crippen LogP contribution in [0, 0.1) is 23.5 Å². The molecular weight excluding hydrogens is 357 g/mol. The zero-order chi connectivity index (χ0) is 19.2. The van der Waals surface area contributed by atoms with E-state index in [9.17, 15) is 26.7 Å². The molecule has 0 fully saturated rings. The number of hydrogen-bond acceptors (Lipinski definition) is 2. The minimum atomic E-state index is -4.46. The third kappa shape index (κ3) is 5.77. The number of rotatable bonds is 4. The van der Waals surface area contributed by atoms with Crippen LogP contribution in [-0.4, -0.2) is 19.1 Å². The van der Waals surface area contributed by atoms with E-state index in [1.165, 1.54) is 12.1 Å². The third-order valence-electron chi connectivity index (χ3n) is 3.05. The van der Waals surface area contributed by atoms with E-state index in [2.05, 4.69) is 17.2 Å². The van der Waals surface area contributed by atoms with Crippen molar-refractivity contribution in [1.82, 2.24) is 5.32 Å². The number of ether oxygens (including phenoxy) is 1. The quantitative estimate of drug-likeness (QED) is 0.662. The Morgan fingerprint density at radius 3 is 2.58 bits per heavy atom. The van der Waals surface area contributed by atoms with Crippen LogP contribution in [0.5, 0.6) is 5.75 Å². The van der Waals surface area contributed by atoms with Crippen molar-refractivity contribution in [2.75, 3.05) is 13.2 Å². The highest BCUT2D eigenvalue weighted by Gasteiger charge is 2.30. The van der Waals surface area contributed by atoms with E-state index < -0.39 is 35.9 Å². The van der Waals surface area contributed by atoms with Crippen LogP contribution < -0.4 is 10.1 Å². The Labute approximate surface area is 145 Å². The van der Waals surface area contributed by atoms with Gasteiger partial charge in [0.1, 0.15) is 5.82 Å². The van der Waals surface area contributed by atoms with Gasteiger partial charge in [0.2, 0.25) is 0 Å². The Balaban J connectivity index is 1.83. The molecular formula is C18H12F5NO2. The lowest BCUT2D eigenvalue weighted by atomic mass is 10.1. The van der Waals surface area contributed by atoms with E-state index in [-0.39, 0.29) is 17.9 Å². The van der Waals surface area contributed by atoms with Crippen LogP contribution in [0.2, 0.25) is 0 Å². The van der Waals surface area contributed by atoms with Gasteiger partial charge in [-0.2, -0.15) is 13.2 Å². The molecule has 0 radical (unpaired) electrons. The highest BCUT2D eigenvalue weighted by atomic mass is 19.4. The summed E-state index contributed by atoms with van der Waals surface area (Å²) in [6.07, 6.45) is -4.46.